The van der Waals surface area contributed by atoms with E-state index in [1.165, 1.54) is 10.8 Å². The van der Waals surface area contributed by atoms with Gasteiger partial charge in [-0.3, -0.25) is 19.1 Å². The molecule has 0 unspecified atom stereocenters. The maximum absolute atomic E-state index is 13.4. The molecule has 0 fully saturated rings. The normalized spacial score (nSPS) is 11.1. The fourth-order valence-electron chi connectivity index (χ4n) is 3.32. The van der Waals surface area contributed by atoms with Crippen molar-refractivity contribution in [3.8, 4) is 0 Å². The van der Waals surface area contributed by atoms with E-state index < -0.39 is 17.0 Å². The molecule has 3 heterocycles. The monoisotopic (exact) mass is 412 g/mol. The largest absolute Gasteiger partial charge is 0.329 e. The molecule has 150 valence electrons. The maximum atomic E-state index is 13.4. The Morgan fingerprint density at radius 2 is 1.93 bits per heavy atom. The van der Waals surface area contributed by atoms with E-state index in [1.54, 1.807) is 39.0 Å². The third-order valence-electron chi connectivity index (χ3n) is 4.49. The van der Waals surface area contributed by atoms with Crippen molar-refractivity contribution >= 4 is 17.4 Å². The predicted octanol–water partition coefficient (Wildman–Crippen LogP) is 3.00. The summed E-state index contributed by atoms with van der Waals surface area (Å²) < 4.78 is 1.27. The van der Waals surface area contributed by atoms with Crippen LogP contribution in [0.2, 0.25) is 5.15 Å². The number of hydrogen-bond donors (Lipinski definition) is 1. The van der Waals surface area contributed by atoms with Gasteiger partial charge in [-0.25, -0.2) is 14.8 Å². The van der Waals surface area contributed by atoms with Gasteiger partial charge in [-0.15, -0.1) is 0 Å². The highest BCUT2D eigenvalue weighted by Crippen LogP contribution is 2.19. The zero-order chi connectivity index (χ0) is 21.3. The van der Waals surface area contributed by atoms with E-state index in [4.69, 9.17) is 11.6 Å². The molecule has 3 aromatic rings. The summed E-state index contributed by atoms with van der Waals surface area (Å²) in [4.78, 5) is 49.3. The zero-order valence-electron chi connectivity index (χ0n) is 16.6. The molecule has 0 atom stereocenters. The highest BCUT2D eigenvalue weighted by Gasteiger charge is 2.25. The quantitative estimate of drug-likeness (QED) is 0.513. The number of H-pyrrole nitrogens is 1. The van der Waals surface area contributed by atoms with Gasteiger partial charge in [-0.2, -0.15) is 0 Å². The Morgan fingerprint density at radius 1 is 1.21 bits per heavy atom. The van der Waals surface area contributed by atoms with Crippen molar-refractivity contribution in [3.05, 3.63) is 90.2 Å². The van der Waals surface area contributed by atoms with Crippen LogP contribution in [0.1, 0.15) is 58.3 Å². The summed E-state index contributed by atoms with van der Waals surface area (Å²) in [6, 6.07) is 6.81. The number of nitrogens with one attached hydrogen (secondary N) is 1. The van der Waals surface area contributed by atoms with Crippen LogP contribution >= 0.6 is 11.6 Å². The van der Waals surface area contributed by atoms with Crippen LogP contribution in [-0.4, -0.2) is 25.3 Å². The summed E-state index contributed by atoms with van der Waals surface area (Å²) in [6.45, 7) is 7.31. The third-order valence-corrected chi connectivity index (χ3v) is 4.70. The van der Waals surface area contributed by atoms with Gasteiger partial charge in [-0.1, -0.05) is 25.4 Å². The van der Waals surface area contributed by atoms with Gasteiger partial charge in [0.2, 0.25) is 5.78 Å². The molecular formula is C21H21ClN4O3. The first-order valence-electron chi connectivity index (χ1n) is 9.14. The molecule has 0 aliphatic rings. The Hall–Kier alpha value is -3.06. The Labute approximate surface area is 172 Å². The third kappa shape index (κ3) is 4.35. The number of aromatic nitrogens is 4. The minimum Gasteiger partial charge on any atom is -0.285 e. The van der Waals surface area contributed by atoms with E-state index in [2.05, 4.69) is 15.0 Å². The molecule has 8 heteroatoms. The summed E-state index contributed by atoms with van der Waals surface area (Å²) in [5.41, 5.74) is 1.47. The molecule has 0 aromatic carbocycles. The topological polar surface area (TPSA) is 97.7 Å². The fourth-order valence-corrected chi connectivity index (χ4v) is 3.52. The van der Waals surface area contributed by atoms with Gasteiger partial charge < -0.3 is 0 Å². The van der Waals surface area contributed by atoms with E-state index in [0.717, 1.165) is 5.56 Å². The Balaban J connectivity index is 2.28. The van der Waals surface area contributed by atoms with E-state index in [9.17, 15) is 14.4 Å². The lowest BCUT2D eigenvalue weighted by Gasteiger charge is -2.17. The summed E-state index contributed by atoms with van der Waals surface area (Å²) >= 11 is 5.96. The van der Waals surface area contributed by atoms with Crippen LogP contribution in [0.4, 0.5) is 0 Å². The van der Waals surface area contributed by atoms with Crippen molar-refractivity contribution in [1.29, 1.82) is 0 Å². The molecule has 3 rings (SSSR count). The van der Waals surface area contributed by atoms with Crippen LogP contribution in [-0.2, 0) is 6.54 Å². The number of carbonyl (C=O) groups excluding carboxylic acids is 1. The van der Waals surface area contributed by atoms with Crippen LogP contribution in [0, 0.1) is 13.8 Å². The van der Waals surface area contributed by atoms with E-state index in [-0.39, 0.29) is 34.6 Å². The maximum Gasteiger partial charge on any atom is 0.329 e. The van der Waals surface area contributed by atoms with Crippen LogP contribution < -0.4 is 11.2 Å². The van der Waals surface area contributed by atoms with Crippen LogP contribution in [0.25, 0.3) is 0 Å². The molecule has 0 amide bonds. The average molecular weight is 413 g/mol. The highest BCUT2D eigenvalue weighted by molar-refractivity contribution is 6.29. The van der Waals surface area contributed by atoms with Crippen molar-refractivity contribution in [1.82, 2.24) is 19.5 Å². The number of hydrogen-bond acceptors (Lipinski definition) is 5. The van der Waals surface area contributed by atoms with Gasteiger partial charge in [0.1, 0.15) is 16.5 Å². The lowest BCUT2D eigenvalue weighted by atomic mass is 9.98. The smallest absolute Gasteiger partial charge is 0.285 e. The summed E-state index contributed by atoms with van der Waals surface area (Å²) in [7, 11) is 0. The van der Waals surface area contributed by atoms with Gasteiger partial charge in [-0.05, 0) is 55.2 Å². The minimum absolute atomic E-state index is 0.0409. The predicted molar refractivity (Wildman–Crippen MR) is 111 cm³/mol. The number of pyridine rings is 2. The van der Waals surface area contributed by atoms with Gasteiger partial charge in [0.05, 0.1) is 6.54 Å². The van der Waals surface area contributed by atoms with Crippen LogP contribution in [0.15, 0.2) is 40.1 Å². The second kappa shape index (κ2) is 8.13. The molecule has 3 aromatic heterocycles. The molecule has 0 bridgehead atoms. The first-order valence-corrected chi connectivity index (χ1v) is 9.52. The van der Waals surface area contributed by atoms with Crippen LogP contribution in [0.3, 0.4) is 0 Å². The number of aryl methyl sites for hydroxylation is 2. The first-order chi connectivity index (χ1) is 13.7. The van der Waals surface area contributed by atoms with Gasteiger partial charge in [0.25, 0.3) is 5.56 Å². The second-order valence-electron chi connectivity index (χ2n) is 7.25. The number of rotatable bonds is 5. The molecule has 7 nitrogen and oxygen atoms in total. The van der Waals surface area contributed by atoms with Crippen molar-refractivity contribution in [2.24, 2.45) is 0 Å². The number of halogens is 1. The molecule has 29 heavy (non-hydrogen) atoms. The van der Waals surface area contributed by atoms with Gasteiger partial charge in [0, 0.05) is 17.5 Å². The lowest BCUT2D eigenvalue weighted by molar-refractivity contribution is 0.102. The van der Waals surface area contributed by atoms with Gasteiger partial charge in [0.15, 0.2) is 0 Å². The van der Waals surface area contributed by atoms with Crippen LogP contribution in [0.5, 0.6) is 0 Å². The Bertz CT molecular complexity index is 1190. The molecule has 0 saturated carbocycles. The molecule has 0 saturated heterocycles. The van der Waals surface area contributed by atoms with Crippen molar-refractivity contribution in [2.45, 2.75) is 40.2 Å². The summed E-state index contributed by atoms with van der Waals surface area (Å²) in [6.07, 6.45) is 1.52. The fraction of sp³-hybridized carbons (Fsp3) is 0.286. The number of nitrogens with zero attached hydrogens (tertiary/aromatic N) is 3. The number of carbonyl (C=O) groups is 1. The second-order valence-corrected chi connectivity index (χ2v) is 7.64. The van der Waals surface area contributed by atoms with E-state index in [0.29, 0.717) is 11.3 Å². The molecule has 1 N–H and O–H groups in total. The van der Waals surface area contributed by atoms with Crippen molar-refractivity contribution in [3.63, 3.8) is 0 Å². The molecule has 0 aliphatic carbocycles. The van der Waals surface area contributed by atoms with Gasteiger partial charge >= 0.3 is 5.69 Å². The van der Waals surface area contributed by atoms with E-state index in [1.807, 2.05) is 13.0 Å². The summed E-state index contributed by atoms with van der Waals surface area (Å²) in [5, 5.41) is 0.271. The average Bonchev–Trinajstić information content (AvgIpc) is 2.62. The minimum atomic E-state index is -0.667. The number of aromatic amines is 1. The molecule has 0 aliphatic heterocycles. The Morgan fingerprint density at radius 3 is 2.55 bits per heavy atom. The Kier molecular flexibility index (Phi) is 5.79. The lowest BCUT2D eigenvalue weighted by Crippen LogP contribution is -2.38. The highest BCUT2D eigenvalue weighted by atomic mass is 35.5. The number of ketones is 1. The van der Waals surface area contributed by atoms with Crippen molar-refractivity contribution in [2.75, 3.05) is 0 Å². The molecule has 0 spiro atoms. The SMILES string of the molecule is Cc1cc(C)nc(C(=O)c2c(C(C)C)c(=O)[nH]c(=O)n2Cc2ccnc(Cl)c2)c1. The van der Waals surface area contributed by atoms with Crippen molar-refractivity contribution < 1.29 is 4.79 Å². The standard InChI is InChI=1S/C21H21ClN4O3/c1-11(2)17-18(19(27)15-8-12(3)7-13(4)24-15)26(21(29)25-20(17)28)10-14-5-6-23-16(22)9-14/h5-9,11H,10H2,1-4H3,(H,25,28,29). The zero-order valence-corrected chi connectivity index (χ0v) is 17.4. The van der Waals surface area contributed by atoms with E-state index >= 15 is 0 Å². The molecule has 0 radical (unpaired) electrons. The first kappa shape index (κ1) is 20.7. The molecular weight excluding hydrogens is 392 g/mol. The summed E-state index contributed by atoms with van der Waals surface area (Å²) in [5.74, 6) is -0.750.